The third-order valence-electron chi connectivity index (χ3n) is 4.28. The van der Waals surface area contributed by atoms with Crippen molar-refractivity contribution in [3.8, 4) is 0 Å². The molecular weight excluding hydrogens is 229 g/mol. The summed E-state index contributed by atoms with van der Waals surface area (Å²) in [6.07, 6.45) is 3.45. The molecule has 1 aliphatic rings. The highest BCUT2D eigenvalue weighted by Crippen LogP contribution is 2.47. The Morgan fingerprint density at radius 3 is 2.94 bits per heavy atom. The Hall–Kier alpha value is -0.930. The van der Waals surface area contributed by atoms with Crippen LogP contribution in [0.3, 0.4) is 0 Å². The molecule has 3 unspecified atom stereocenters. The van der Waals surface area contributed by atoms with Gasteiger partial charge in [0, 0.05) is 12.0 Å². The summed E-state index contributed by atoms with van der Waals surface area (Å²) in [5.74, 6) is 0.271. The summed E-state index contributed by atoms with van der Waals surface area (Å²) in [5.41, 5.74) is 6.28. The zero-order valence-electron chi connectivity index (χ0n) is 10.9. The first-order valence-electron chi connectivity index (χ1n) is 6.71. The highest BCUT2D eigenvalue weighted by atomic mass is 19.1. The van der Waals surface area contributed by atoms with Crippen molar-refractivity contribution in [2.45, 2.75) is 38.7 Å². The van der Waals surface area contributed by atoms with E-state index < -0.39 is 6.10 Å². The van der Waals surface area contributed by atoms with E-state index in [2.05, 4.69) is 6.92 Å². The number of aliphatic hydroxyl groups is 1. The van der Waals surface area contributed by atoms with Crippen molar-refractivity contribution in [2.75, 3.05) is 6.54 Å². The molecular formula is C15H22FNO. The minimum atomic E-state index is -0.666. The SMILES string of the molecule is CC1CCCC(CN)(C(O)c2cccc(F)c2)C1. The van der Waals surface area contributed by atoms with Crippen molar-refractivity contribution in [1.29, 1.82) is 0 Å². The number of rotatable bonds is 3. The normalized spacial score (nSPS) is 30.1. The average molecular weight is 251 g/mol. The maximum Gasteiger partial charge on any atom is 0.123 e. The van der Waals surface area contributed by atoms with Crippen LogP contribution < -0.4 is 5.73 Å². The van der Waals surface area contributed by atoms with Crippen LogP contribution in [0.25, 0.3) is 0 Å². The van der Waals surface area contributed by atoms with Gasteiger partial charge in [-0.25, -0.2) is 4.39 Å². The quantitative estimate of drug-likeness (QED) is 0.867. The third kappa shape index (κ3) is 2.57. The van der Waals surface area contributed by atoms with E-state index in [1.807, 2.05) is 0 Å². The number of halogens is 1. The van der Waals surface area contributed by atoms with Crippen molar-refractivity contribution in [2.24, 2.45) is 17.1 Å². The lowest BCUT2D eigenvalue weighted by molar-refractivity contribution is -0.0132. The Morgan fingerprint density at radius 1 is 1.56 bits per heavy atom. The van der Waals surface area contributed by atoms with Crippen LogP contribution in [0.2, 0.25) is 0 Å². The van der Waals surface area contributed by atoms with Crippen molar-refractivity contribution >= 4 is 0 Å². The zero-order valence-corrected chi connectivity index (χ0v) is 10.9. The zero-order chi connectivity index (χ0) is 13.2. The van der Waals surface area contributed by atoms with Gasteiger partial charge in [0.05, 0.1) is 6.10 Å². The molecule has 1 aromatic carbocycles. The second-order valence-corrected chi connectivity index (χ2v) is 5.73. The highest BCUT2D eigenvalue weighted by molar-refractivity contribution is 5.21. The van der Waals surface area contributed by atoms with Crippen molar-refractivity contribution < 1.29 is 9.50 Å². The lowest BCUT2D eigenvalue weighted by Gasteiger charge is -2.43. The first-order valence-corrected chi connectivity index (χ1v) is 6.71. The van der Waals surface area contributed by atoms with Gasteiger partial charge in [-0.3, -0.25) is 0 Å². The van der Waals surface area contributed by atoms with Crippen molar-refractivity contribution in [3.63, 3.8) is 0 Å². The number of benzene rings is 1. The summed E-state index contributed by atoms with van der Waals surface area (Å²) in [5, 5.41) is 10.6. The average Bonchev–Trinajstić information content (AvgIpc) is 2.37. The first kappa shape index (κ1) is 13.5. The lowest BCUT2D eigenvalue weighted by atomic mass is 9.65. The second-order valence-electron chi connectivity index (χ2n) is 5.73. The minimum absolute atomic E-state index is 0.286. The fourth-order valence-corrected chi connectivity index (χ4v) is 3.28. The standard InChI is InChI=1S/C15H22FNO/c1-11-4-3-7-15(9-11,10-17)14(18)12-5-2-6-13(16)8-12/h2,5-6,8,11,14,18H,3-4,7,9-10,17H2,1H3. The van der Waals surface area contributed by atoms with E-state index in [0.717, 1.165) is 19.3 Å². The lowest BCUT2D eigenvalue weighted by Crippen LogP contribution is -2.40. The molecule has 100 valence electrons. The number of hydrogen-bond donors (Lipinski definition) is 2. The van der Waals surface area contributed by atoms with Crippen LogP contribution in [-0.4, -0.2) is 11.7 Å². The molecule has 0 heterocycles. The van der Waals surface area contributed by atoms with Gasteiger partial charge in [-0.2, -0.15) is 0 Å². The molecule has 0 saturated heterocycles. The van der Waals surface area contributed by atoms with E-state index >= 15 is 0 Å². The minimum Gasteiger partial charge on any atom is -0.388 e. The van der Waals surface area contributed by atoms with Crippen molar-refractivity contribution in [1.82, 2.24) is 0 Å². The number of hydrogen-bond acceptors (Lipinski definition) is 2. The van der Waals surface area contributed by atoms with Gasteiger partial charge < -0.3 is 10.8 Å². The van der Waals surface area contributed by atoms with E-state index in [1.54, 1.807) is 12.1 Å². The molecule has 3 atom stereocenters. The van der Waals surface area contributed by atoms with E-state index in [4.69, 9.17) is 5.73 Å². The molecule has 0 spiro atoms. The van der Waals surface area contributed by atoms with Gasteiger partial charge in [0.1, 0.15) is 5.82 Å². The predicted octanol–water partition coefficient (Wildman–Crippen LogP) is 3.01. The molecule has 0 aliphatic heterocycles. The fraction of sp³-hybridized carbons (Fsp3) is 0.600. The van der Waals surface area contributed by atoms with Gasteiger partial charge >= 0.3 is 0 Å². The molecule has 1 aliphatic carbocycles. The Labute approximate surface area is 108 Å². The van der Waals surface area contributed by atoms with E-state index in [1.165, 1.54) is 18.6 Å². The first-order chi connectivity index (χ1) is 8.57. The summed E-state index contributed by atoms with van der Waals surface area (Å²) in [6, 6.07) is 6.24. The molecule has 0 amide bonds. The summed E-state index contributed by atoms with van der Waals surface area (Å²) >= 11 is 0. The van der Waals surface area contributed by atoms with Crippen molar-refractivity contribution in [3.05, 3.63) is 35.6 Å². The Kier molecular flexibility index (Phi) is 4.03. The van der Waals surface area contributed by atoms with Crippen LogP contribution in [0.1, 0.15) is 44.3 Å². The highest BCUT2D eigenvalue weighted by Gasteiger charge is 2.40. The molecule has 1 aromatic rings. The van der Waals surface area contributed by atoms with Gasteiger partial charge in [-0.1, -0.05) is 31.9 Å². The monoisotopic (exact) mass is 251 g/mol. The molecule has 2 nitrogen and oxygen atoms in total. The topological polar surface area (TPSA) is 46.2 Å². The predicted molar refractivity (Wildman–Crippen MR) is 70.5 cm³/mol. The van der Waals surface area contributed by atoms with Gasteiger partial charge in [0.15, 0.2) is 0 Å². The van der Waals surface area contributed by atoms with Gasteiger partial charge in [-0.05, 0) is 36.5 Å². The molecule has 18 heavy (non-hydrogen) atoms. The van der Waals surface area contributed by atoms with Crippen LogP contribution >= 0.6 is 0 Å². The fourth-order valence-electron chi connectivity index (χ4n) is 3.28. The molecule has 1 fully saturated rings. The second kappa shape index (κ2) is 5.37. The molecule has 0 radical (unpaired) electrons. The summed E-state index contributed by atoms with van der Waals surface area (Å²) in [6.45, 7) is 2.65. The number of aliphatic hydroxyl groups excluding tert-OH is 1. The van der Waals surface area contributed by atoms with Crippen LogP contribution in [0.5, 0.6) is 0 Å². The maximum absolute atomic E-state index is 13.3. The summed E-state index contributed by atoms with van der Waals surface area (Å²) < 4.78 is 13.3. The Balaban J connectivity index is 2.26. The molecule has 3 heteroatoms. The number of nitrogens with two attached hydrogens (primary N) is 1. The van der Waals surface area contributed by atoms with Gasteiger partial charge in [0.2, 0.25) is 0 Å². The maximum atomic E-state index is 13.3. The van der Waals surface area contributed by atoms with E-state index in [9.17, 15) is 9.50 Å². The summed E-state index contributed by atoms with van der Waals surface area (Å²) in [4.78, 5) is 0. The van der Waals surface area contributed by atoms with E-state index in [-0.39, 0.29) is 11.2 Å². The molecule has 0 aromatic heterocycles. The van der Waals surface area contributed by atoms with E-state index in [0.29, 0.717) is 18.0 Å². The Morgan fingerprint density at radius 2 is 2.33 bits per heavy atom. The van der Waals surface area contributed by atoms with Gasteiger partial charge in [0.25, 0.3) is 0 Å². The van der Waals surface area contributed by atoms with Crippen LogP contribution in [0.15, 0.2) is 24.3 Å². The summed E-state index contributed by atoms with van der Waals surface area (Å²) in [7, 11) is 0. The largest absolute Gasteiger partial charge is 0.388 e. The van der Waals surface area contributed by atoms with Gasteiger partial charge in [-0.15, -0.1) is 0 Å². The third-order valence-corrected chi connectivity index (χ3v) is 4.28. The molecule has 0 bridgehead atoms. The molecule has 1 saturated carbocycles. The smallest absolute Gasteiger partial charge is 0.123 e. The molecule has 3 N–H and O–H groups in total. The van der Waals surface area contributed by atoms with Crippen LogP contribution in [0.4, 0.5) is 4.39 Å². The van der Waals surface area contributed by atoms with Crippen LogP contribution in [-0.2, 0) is 0 Å². The Bertz CT molecular complexity index is 409. The van der Waals surface area contributed by atoms with Crippen LogP contribution in [0, 0.1) is 17.2 Å². The molecule has 2 rings (SSSR count).